The molecule has 0 heterocycles. The lowest BCUT2D eigenvalue weighted by molar-refractivity contribution is -0.134. The first-order valence-corrected chi connectivity index (χ1v) is 4.32. The van der Waals surface area contributed by atoms with E-state index in [1.54, 1.807) is 11.5 Å². The summed E-state index contributed by atoms with van der Waals surface area (Å²) < 4.78 is 4.44. The van der Waals surface area contributed by atoms with E-state index >= 15 is 0 Å². The van der Waals surface area contributed by atoms with E-state index in [0.29, 0.717) is 0 Å². The number of hydrogen-bond acceptors (Lipinski definition) is 3. The summed E-state index contributed by atoms with van der Waals surface area (Å²) in [7, 11) is 1.35. The molecule has 0 bridgehead atoms. The molecule has 0 spiro atoms. The Morgan fingerprint density at radius 2 is 2.17 bits per heavy atom. The molecule has 0 radical (unpaired) electrons. The molecule has 12 heavy (non-hydrogen) atoms. The van der Waals surface area contributed by atoms with Gasteiger partial charge in [0, 0.05) is 11.0 Å². The molecule has 0 fully saturated rings. The normalized spacial score (nSPS) is 11.7. The maximum Gasteiger partial charge on any atom is 0.330 e. The smallest absolute Gasteiger partial charge is 0.330 e. The zero-order chi connectivity index (χ0) is 9.40. The quantitative estimate of drug-likeness (QED) is 0.381. The summed E-state index contributed by atoms with van der Waals surface area (Å²) in [5, 5.41) is 1.71. The Balaban J connectivity index is 4.11. The molecule has 0 N–H and O–H groups in total. The zero-order valence-corrected chi connectivity index (χ0v) is 8.06. The first kappa shape index (κ1) is 11.0. The van der Waals surface area contributed by atoms with Crippen molar-refractivity contribution in [2.75, 3.05) is 7.11 Å². The van der Waals surface area contributed by atoms with Gasteiger partial charge in [0.1, 0.15) is 0 Å². The second-order valence-electron chi connectivity index (χ2n) is 1.83. The SMILES string of the molecule is C=CSC(=C\C)/C=C/C(=O)OC. The van der Waals surface area contributed by atoms with Crippen LogP contribution in [0.3, 0.4) is 0 Å². The van der Waals surface area contributed by atoms with Crippen LogP contribution in [0, 0.1) is 0 Å². The number of methoxy groups -OCH3 is 1. The van der Waals surface area contributed by atoms with Crippen molar-refractivity contribution < 1.29 is 9.53 Å². The van der Waals surface area contributed by atoms with Crippen LogP contribution in [0.4, 0.5) is 0 Å². The van der Waals surface area contributed by atoms with Crippen LogP contribution in [-0.4, -0.2) is 13.1 Å². The number of thioether (sulfide) groups is 1. The molecule has 0 aromatic rings. The van der Waals surface area contributed by atoms with Crippen LogP contribution in [0.25, 0.3) is 0 Å². The van der Waals surface area contributed by atoms with Crippen molar-refractivity contribution in [3.05, 3.63) is 35.1 Å². The average molecular weight is 184 g/mol. The Labute approximate surface area is 77.0 Å². The van der Waals surface area contributed by atoms with Crippen molar-refractivity contribution in [3.63, 3.8) is 0 Å². The Morgan fingerprint density at radius 1 is 1.50 bits per heavy atom. The van der Waals surface area contributed by atoms with Gasteiger partial charge in [-0.2, -0.15) is 0 Å². The molecule has 0 aliphatic rings. The van der Waals surface area contributed by atoms with Crippen LogP contribution >= 0.6 is 11.8 Å². The molecule has 0 saturated heterocycles. The van der Waals surface area contributed by atoms with E-state index in [0.717, 1.165) is 4.91 Å². The van der Waals surface area contributed by atoms with Gasteiger partial charge in [0.25, 0.3) is 0 Å². The van der Waals surface area contributed by atoms with E-state index in [9.17, 15) is 4.79 Å². The zero-order valence-electron chi connectivity index (χ0n) is 7.24. The molecule has 0 unspecified atom stereocenters. The van der Waals surface area contributed by atoms with Gasteiger partial charge in [-0.25, -0.2) is 4.79 Å². The topological polar surface area (TPSA) is 26.3 Å². The Kier molecular flexibility index (Phi) is 6.19. The standard InChI is InChI=1S/C9H12O2S/c1-4-8(12-5-2)6-7-9(10)11-3/h4-7H,2H2,1,3H3/b7-6+,8-4-. The van der Waals surface area contributed by atoms with Gasteiger partial charge in [-0.15, -0.1) is 0 Å². The van der Waals surface area contributed by atoms with Crippen LogP contribution < -0.4 is 0 Å². The first-order chi connectivity index (χ1) is 5.74. The average Bonchev–Trinajstić information content (AvgIpc) is 2.11. The van der Waals surface area contributed by atoms with E-state index in [-0.39, 0.29) is 5.97 Å². The van der Waals surface area contributed by atoms with Gasteiger partial charge in [0.05, 0.1) is 7.11 Å². The predicted octanol–water partition coefficient (Wildman–Crippen LogP) is 2.50. The second-order valence-corrected chi connectivity index (χ2v) is 2.87. The molecular weight excluding hydrogens is 172 g/mol. The number of allylic oxidation sites excluding steroid dienone is 2. The summed E-state index contributed by atoms with van der Waals surface area (Å²) in [6.45, 7) is 5.46. The number of carbonyl (C=O) groups is 1. The molecule has 0 aromatic heterocycles. The monoisotopic (exact) mass is 184 g/mol. The fraction of sp³-hybridized carbons (Fsp3) is 0.222. The van der Waals surface area contributed by atoms with E-state index in [2.05, 4.69) is 11.3 Å². The highest BCUT2D eigenvalue weighted by Gasteiger charge is 1.92. The van der Waals surface area contributed by atoms with Crippen molar-refractivity contribution in [2.45, 2.75) is 6.92 Å². The summed E-state index contributed by atoms with van der Waals surface area (Å²) >= 11 is 1.46. The van der Waals surface area contributed by atoms with Crippen molar-refractivity contribution in [3.8, 4) is 0 Å². The summed E-state index contributed by atoms with van der Waals surface area (Å²) in [5.74, 6) is -0.348. The van der Waals surface area contributed by atoms with E-state index in [1.807, 2.05) is 13.0 Å². The molecule has 0 aliphatic carbocycles. The Bertz CT molecular complexity index is 217. The molecule has 0 rings (SSSR count). The molecule has 3 heteroatoms. The van der Waals surface area contributed by atoms with Crippen molar-refractivity contribution >= 4 is 17.7 Å². The van der Waals surface area contributed by atoms with E-state index in [4.69, 9.17) is 0 Å². The minimum atomic E-state index is -0.348. The third kappa shape index (κ3) is 4.79. The van der Waals surface area contributed by atoms with Crippen LogP contribution in [0.2, 0.25) is 0 Å². The fourth-order valence-electron chi connectivity index (χ4n) is 0.518. The molecular formula is C9H12O2S. The van der Waals surface area contributed by atoms with Gasteiger partial charge in [-0.1, -0.05) is 24.4 Å². The van der Waals surface area contributed by atoms with Gasteiger partial charge in [-0.3, -0.25) is 0 Å². The lowest BCUT2D eigenvalue weighted by Gasteiger charge is -1.93. The number of ether oxygens (including phenoxy) is 1. The fourth-order valence-corrected chi connectivity index (χ4v) is 0.993. The summed E-state index contributed by atoms with van der Waals surface area (Å²) in [5.41, 5.74) is 0. The van der Waals surface area contributed by atoms with Gasteiger partial charge in [-0.05, 0) is 18.4 Å². The van der Waals surface area contributed by atoms with Crippen LogP contribution in [0.15, 0.2) is 35.1 Å². The second kappa shape index (κ2) is 6.73. The van der Waals surface area contributed by atoms with E-state index < -0.39 is 0 Å². The lowest BCUT2D eigenvalue weighted by atomic mass is 10.4. The van der Waals surface area contributed by atoms with Gasteiger partial charge in [0.2, 0.25) is 0 Å². The summed E-state index contributed by atoms with van der Waals surface area (Å²) in [6.07, 6.45) is 4.97. The van der Waals surface area contributed by atoms with Gasteiger partial charge < -0.3 is 4.74 Å². The molecule has 0 aliphatic heterocycles. The summed E-state index contributed by atoms with van der Waals surface area (Å²) in [4.78, 5) is 11.6. The van der Waals surface area contributed by atoms with Gasteiger partial charge >= 0.3 is 5.97 Å². The lowest BCUT2D eigenvalue weighted by Crippen LogP contribution is -1.93. The van der Waals surface area contributed by atoms with Crippen LogP contribution in [0.1, 0.15) is 6.92 Å². The third-order valence-electron chi connectivity index (χ3n) is 1.09. The number of esters is 1. The van der Waals surface area contributed by atoms with Crippen molar-refractivity contribution in [1.82, 2.24) is 0 Å². The molecule has 0 saturated carbocycles. The maximum absolute atomic E-state index is 10.7. The number of hydrogen-bond donors (Lipinski definition) is 0. The highest BCUT2D eigenvalue weighted by molar-refractivity contribution is 8.06. The minimum absolute atomic E-state index is 0.348. The molecule has 0 aromatic carbocycles. The molecule has 66 valence electrons. The van der Waals surface area contributed by atoms with Crippen molar-refractivity contribution in [2.24, 2.45) is 0 Å². The Hall–Kier alpha value is -0.960. The highest BCUT2D eigenvalue weighted by atomic mass is 32.2. The predicted molar refractivity (Wildman–Crippen MR) is 52.7 cm³/mol. The van der Waals surface area contributed by atoms with Gasteiger partial charge in [0.15, 0.2) is 0 Å². The largest absolute Gasteiger partial charge is 0.466 e. The van der Waals surface area contributed by atoms with Crippen LogP contribution in [-0.2, 0) is 9.53 Å². The number of carbonyl (C=O) groups excluding carboxylic acids is 1. The number of rotatable bonds is 4. The van der Waals surface area contributed by atoms with Crippen molar-refractivity contribution in [1.29, 1.82) is 0 Å². The third-order valence-corrected chi connectivity index (χ3v) is 1.90. The van der Waals surface area contributed by atoms with E-state index in [1.165, 1.54) is 24.9 Å². The Morgan fingerprint density at radius 3 is 2.58 bits per heavy atom. The van der Waals surface area contributed by atoms with Crippen LogP contribution in [0.5, 0.6) is 0 Å². The molecule has 2 nitrogen and oxygen atoms in total. The minimum Gasteiger partial charge on any atom is -0.466 e. The maximum atomic E-state index is 10.7. The highest BCUT2D eigenvalue weighted by Crippen LogP contribution is 2.16. The molecule has 0 atom stereocenters. The first-order valence-electron chi connectivity index (χ1n) is 3.44. The summed E-state index contributed by atoms with van der Waals surface area (Å²) in [6, 6.07) is 0. The molecule has 0 amide bonds.